The molecule has 0 aromatic carbocycles. The van der Waals surface area contributed by atoms with Crippen molar-refractivity contribution in [3.63, 3.8) is 0 Å². The van der Waals surface area contributed by atoms with Gasteiger partial charge in [-0.05, 0) is 0 Å². The van der Waals surface area contributed by atoms with Crippen LogP contribution in [-0.4, -0.2) is 25.2 Å². The van der Waals surface area contributed by atoms with Crippen molar-refractivity contribution >= 4 is 24.6 Å². The van der Waals surface area contributed by atoms with Crippen molar-refractivity contribution in [1.29, 1.82) is 0 Å². The molecule has 0 unspecified atom stereocenters. The second-order valence-corrected chi connectivity index (χ2v) is 2.75. The van der Waals surface area contributed by atoms with E-state index in [4.69, 9.17) is 0 Å². The van der Waals surface area contributed by atoms with E-state index in [2.05, 4.69) is 10.4 Å². The number of nitrogens with zero attached hydrogens (tertiary/aromatic N) is 1. The van der Waals surface area contributed by atoms with Gasteiger partial charge in [0.05, 0.1) is 0 Å². The van der Waals surface area contributed by atoms with E-state index in [1.165, 1.54) is 6.07 Å². The van der Waals surface area contributed by atoms with Gasteiger partial charge in [0.15, 0.2) is 0 Å². The van der Waals surface area contributed by atoms with Gasteiger partial charge in [-0.1, -0.05) is 0 Å². The summed E-state index contributed by atoms with van der Waals surface area (Å²) in [6.45, 7) is 0. The Labute approximate surface area is 63.0 Å². The van der Waals surface area contributed by atoms with Crippen molar-refractivity contribution in [1.82, 2.24) is 4.98 Å². The summed E-state index contributed by atoms with van der Waals surface area (Å²) in [4.78, 5) is 2.99. The average Bonchev–Trinajstić information content (AvgIpc) is 1.88. The molecule has 4 heteroatoms. The van der Waals surface area contributed by atoms with Crippen LogP contribution in [0.5, 0.6) is 0 Å². The Morgan fingerprint density at radius 1 is 1.40 bits per heavy atom. The zero-order valence-corrected chi connectivity index (χ0v) is 6.30. The van der Waals surface area contributed by atoms with Crippen molar-refractivity contribution in [3.05, 3.63) is 24.0 Å². The molecule has 1 rings (SSSR count). The predicted octanol–water partition coefficient (Wildman–Crippen LogP) is 0.121. The molecule has 50 valence electrons. The molecule has 0 N–H and O–H groups in total. The molecule has 1 aromatic heterocycles. The molecule has 1 nitrogen and oxygen atoms in total. The second-order valence-electron chi connectivity index (χ2n) is 1.72. The van der Waals surface area contributed by atoms with Crippen molar-refractivity contribution in [2.24, 2.45) is 0 Å². The number of hydrogen-bond donors (Lipinski definition) is 0. The van der Waals surface area contributed by atoms with Gasteiger partial charge < -0.3 is 0 Å². The topological polar surface area (TPSA) is 12.9 Å². The quantitative estimate of drug-likeness (QED) is 0.414. The van der Waals surface area contributed by atoms with Gasteiger partial charge in [0.2, 0.25) is 0 Å². The molecule has 0 aliphatic rings. The van der Waals surface area contributed by atoms with Gasteiger partial charge in [-0.15, -0.1) is 0 Å². The molecular formula is C6H4AlF2N. The summed E-state index contributed by atoms with van der Waals surface area (Å²) in [5, 5.41) is 3.53. The number of hydrogen-bond acceptors (Lipinski definition) is 1. The molecular weight excluding hydrogens is 151 g/mol. The molecule has 0 bridgehead atoms. The zero-order chi connectivity index (χ0) is 7.56. The SMILES string of the molecule is [CH2]=[Al][c]1ccc(F)nc1F. The third kappa shape index (κ3) is 1.47. The standard InChI is InChI=1S/C5H2F2N.CH2.Al/c6-4-2-1-3-5(7)8-4;;/h1-2H;1H2;. The summed E-state index contributed by atoms with van der Waals surface area (Å²) in [7, 11) is 0. The minimum absolute atomic E-state index is 0.368. The molecule has 0 amide bonds. The Bertz CT molecular complexity index is 262. The van der Waals surface area contributed by atoms with Crippen LogP contribution in [0.1, 0.15) is 0 Å². The summed E-state index contributed by atoms with van der Waals surface area (Å²) in [6, 6.07) is 2.51. The second kappa shape index (κ2) is 3.00. The van der Waals surface area contributed by atoms with Gasteiger partial charge in [-0.3, -0.25) is 0 Å². The summed E-state index contributed by atoms with van der Waals surface area (Å²) >= 11 is -0.368. The number of aromatic nitrogens is 1. The Balaban J connectivity index is 3.19. The average molecular weight is 155 g/mol. The number of pyridine rings is 1. The van der Waals surface area contributed by atoms with Crippen molar-refractivity contribution in [2.45, 2.75) is 0 Å². The van der Waals surface area contributed by atoms with Crippen LogP contribution in [0.25, 0.3) is 0 Å². The Hall–Kier alpha value is -0.588. The van der Waals surface area contributed by atoms with Crippen LogP contribution in [0, 0.1) is 11.9 Å². The van der Waals surface area contributed by atoms with E-state index >= 15 is 0 Å². The van der Waals surface area contributed by atoms with Crippen LogP contribution in [0.3, 0.4) is 0 Å². The zero-order valence-electron chi connectivity index (χ0n) is 5.14. The first kappa shape index (κ1) is 7.52. The van der Waals surface area contributed by atoms with Crippen LogP contribution >= 0.6 is 0 Å². The van der Waals surface area contributed by atoms with Crippen LogP contribution in [0.15, 0.2) is 12.1 Å². The van der Waals surface area contributed by atoms with E-state index in [0.29, 0.717) is 4.43 Å². The fourth-order valence-electron chi connectivity index (χ4n) is 0.575. The van der Waals surface area contributed by atoms with Crippen LogP contribution in [-0.2, 0) is 0 Å². The van der Waals surface area contributed by atoms with E-state index in [1.54, 1.807) is 0 Å². The van der Waals surface area contributed by atoms with Gasteiger partial charge in [0.1, 0.15) is 0 Å². The third-order valence-electron chi connectivity index (χ3n) is 1.06. The summed E-state index contributed by atoms with van der Waals surface area (Å²) in [5.74, 6) is -1.51. The van der Waals surface area contributed by atoms with E-state index in [-0.39, 0.29) is 14.8 Å². The van der Waals surface area contributed by atoms with E-state index in [1.807, 2.05) is 0 Å². The molecule has 0 spiro atoms. The van der Waals surface area contributed by atoms with Gasteiger partial charge in [-0.25, -0.2) is 0 Å². The van der Waals surface area contributed by atoms with E-state index in [9.17, 15) is 8.78 Å². The van der Waals surface area contributed by atoms with Crippen molar-refractivity contribution in [2.75, 3.05) is 0 Å². The molecule has 1 heterocycles. The minimum atomic E-state index is -0.783. The molecule has 0 aliphatic carbocycles. The molecule has 0 aliphatic heterocycles. The number of rotatable bonds is 1. The summed E-state index contributed by atoms with van der Waals surface area (Å²) in [6.07, 6.45) is 0. The molecule has 0 radical (unpaired) electrons. The first-order valence-corrected chi connectivity index (χ1v) is 4.08. The predicted molar refractivity (Wildman–Crippen MR) is 36.7 cm³/mol. The van der Waals surface area contributed by atoms with Gasteiger partial charge >= 0.3 is 62.4 Å². The first-order valence-electron chi connectivity index (χ1n) is 2.68. The summed E-state index contributed by atoms with van der Waals surface area (Å²) in [5.41, 5.74) is 0. The number of halogens is 2. The fraction of sp³-hybridized carbons (Fsp3) is 0. The van der Waals surface area contributed by atoms with Crippen LogP contribution in [0.4, 0.5) is 8.78 Å². The van der Waals surface area contributed by atoms with E-state index < -0.39 is 11.9 Å². The Morgan fingerprint density at radius 3 is 2.60 bits per heavy atom. The molecule has 0 saturated carbocycles. The summed E-state index contributed by atoms with van der Waals surface area (Å²) < 4.78 is 25.0. The van der Waals surface area contributed by atoms with Crippen LogP contribution in [0.2, 0.25) is 0 Å². The van der Waals surface area contributed by atoms with Crippen molar-refractivity contribution < 1.29 is 8.78 Å². The first-order chi connectivity index (χ1) is 4.74. The normalized spacial score (nSPS) is 9.00. The monoisotopic (exact) mass is 155 g/mol. The molecule has 0 fully saturated rings. The third-order valence-corrected chi connectivity index (χ3v) is 1.93. The van der Waals surface area contributed by atoms with Gasteiger partial charge in [-0.2, -0.15) is 0 Å². The molecule has 10 heavy (non-hydrogen) atoms. The Morgan fingerprint density at radius 2 is 2.10 bits per heavy atom. The molecule has 1 aromatic rings. The maximum atomic E-state index is 12.5. The van der Waals surface area contributed by atoms with Crippen molar-refractivity contribution in [3.8, 4) is 0 Å². The van der Waals surface area contributed by atoms with Gasteiger partial charge in [0, 0.05) is 0 Å². The Kier molecular flexibility index (Phi) is 2.26. The molecule has 0 saturated heterocycles. The molecule has 0 atom stereocenters. The van der Waals surface area contributed by atoms with Gasteiger partial charge in [0.25, 0.3) is 0 Å². The van der Waals surface area contributed by atoms with E-state index in [0.717, 1.165) is 6.07 Å². The van der Waals surface area contributed by atoms with Crippen LogP contribution < -0.4 is 4.43 Å². The fourth-order valence-corrected chi connectivity index (χ4v) is 1.04. The maximum absolute atomic E-state index is 12.5.